The molecule has 0 radical (unpaired) electrons. The van der Waals surface area contributed by atoms with Gasteiger partial charge in [-0.1, -0.05) is 11.6 Å². The van der Waals surface area contributed by atoms with Crippen molar-refractivity contribution in [2.45, 2.75) is 6.92 Å². The molecule has 0 atom stereocenters. The van der Waals surface area contributed by atoms with E-state index in [9.17, 15) is 0 Å². The Morgan fingerprint density at radius 2 is 2.18 bits per heavy atom. The van der Waals surface area contributed by atoms with E-state index in [4.69, 9.17) is 16.3 Å². The number of hydrogen-bond donors (Lipinski definition) is 1. The highest BCUT2D eigenvalue weighted by Crippen LogP contribution is 2.28. The second kappa shape index (κ2) is 4.67. The van der Waals surface area contributed by atoms with E-state index in [1.54, 1.807) is 7.11 Å². The first-order valence-electron chi connectivity index (χ1n) is 5.20. The number of benzene rings is 1. The molecule has 0 aliphatic carbocycles. The molecule has 0 amide bonds. The Hall–Kier alpha value is -1.68. The standard InChI is InChI=1S/C12H14ClN3O/c1-8-7-16(2)12(14-8)15-9-4-5-11(17-3)10(13)6-9/h4-7H,1-3H3,(H,14,15). The van der Waals surface area contributed by atoms with Crippen LogP contribution in [-0.4, -0.2) is 16.7 Å². The molecule has 17 heavy (non-hydrogen) atoms. The Morgan fingerprint density at radius 3 is 2.71 bits per heavy atom. The Morgan fingerprint density at radius 1 is 1.41 bits per heavy atom. The van der Waals surface area contributed by atoms with Gasteiger partial charge in [-0.3, -0.25) is 0 Å². The van der Waals surface area contributed by atoms with E-state index >= 15 is 0 Å². The van der Waals surface area contributed by atoms with Crippen LogP contribution in [0.5, 0.6) is 5.75 Å². The van der Waals surface area contributed by atoms with Gasteiger partial charge in [0.25, 0.3) is 0 Å². The maximum atomic E-state index is 6.05. The molecule has 1 N–H and O–H groups in total. The van der Waals surface area contributed by atoms with Gasteiger partial charge >= 0.3 is 0 Å². The van der Waals surface area contributed by atoms with Crippen molar-refractivity contribution < 1.29 is 4.74 Å². The number of aryl methyl sites for hydroxylation is 2. The van der Waals surface area contributed by atoms with Crippen LogP contribution in [0.25, 0.3) is 0 Å². The fraction of sp³-hybridized carbons (Fsp3) is 0.250. The lowest BCUT2D eigenvalue weighted by molar-refractivity contribution is 0.415. The second-order valence-corrected chi connectivity index (χ2v) is 4.20. The molecular weight excluding hydrogens is 238 g/mol. The highest BCUT2D eigenvalue weighted by atomic mass is 35.5. The fourth-order valence-electron chi connectivity index (χ4n) is 1.61. The zero-order chi connectivity index (χ0) is 12.4. The first kappa shape index (κ1) is 11.8. The summed E-state index contributed by atoms with van der Waals surface area (Å²) in [4.78, 5) is 4.36. The molecule has 0 fully saturated rings. The zero-order valence-corrected chi connectivity index (χ0v) is 10.7. The van der Waals surface area contributed by atoms with E-state index in [0.717, 1.165) is 17.3 Å². The summed E-state index contributed by atoms with van der Waals surface area (Å²) in [5.41, 5.74) is 1.85. The monoisotopic (exact) mass is 251 g/mol. The summed E-state index contributed by atoms with van der Waals surface area (Å²) < 4.78 is 7.02. The average molecular weight is 252 g/mol. The number of hydrogen-bond acceptors (Lipinski definition) is 3. The molecule has 90 valence electrons. The third kappa shape index (κ3) is 2.53. The normalized spacial score (nSPS) is 10.4. The van der Waals surface area contributed by atoms with Crippen LogP contribution in [0.1, 0.15) is 5.69 Å². The first-order chi connectivity index (χ1) is 8.10. The van der Waals surface area contributed by atoms with Crippen LogP contribution in [0.15, 0.2) is 24.4 Å². The summed E-state index contributed by atoms with van der Waals surface area (Å²) in [6.07, 6.45) is 1.95. The molecule has 1 aromatic carbocycles. The number of methoxy groups -OCH3 is 1. The maximum Gasteiger partial charge on any atom is 0.207 e. The van der Waals surface area contributed by atoms with Crippen molar-refractivity contribution in [3.8, 4) is 5.75 Å². The molecule has 0 unspecified atom stereocenters. The van der Waals surface area contributed by atoms with Crippen LogP contribution < -0.4 is 10.1 Å². The predicted molar refractivity (Wildman–Crippen MR) is 69.2 cm³/mol. The number of nitrogens with one attached hydrogen (secondary N) is 1. The molecule has 0 spiro atoms. The number of ether oxygens (including phenoxy) is 1. The molecule has 0 aliphatic rings. The minimum atomic E-state index is 0.573. The molecule has 4 nitrogen and oxygen atoms in total. The molecule has 0 saturated heterocycles. The smallest absolute Gasteiger partial charge is 0.207 e. The fourth-order valence-corrected chi connectivity index (χ4v) is 1.86. The van der Waals surface area contributed by atoms with Crippen LogP contribution in [0, 0.1) is 6.92 Å². The molecule has 5 heteroatoms. The quantitative estimate of drug-likeness (QED) is 0.911. The minimum Gasteiger partial charge on any atom is -0.495 e. The minimum absolute atomic E-state index is 0.573. The van der Waals surface area contributed by atoms with E-state index in [0.29, 0.717) is 10.8 Å². The summed E-state index contributed by atoms with van der Waals surface area (Å²) in [6, 6.07) is 5.53. The van der Waals surface area contributed by atoms with Gasteiger partial charge in [0.1, 0.15) is 5.75 Å². The lowest BCUT2D eigenvalue weighted by atomic mass is 10.3. The SMILES string of the molecule is COc1ccc(Nc2nc(C)cn2C)cc1Cl. The Kier molecular flexibility index (Phi) is 3.24. The van der Waals surface area contributed by atoms with Crippen molar-refractivity contribution in [1.29, 1.82) is 0 Å². The molecule has 2 rings (SSSR count). The van der Waals surface area contributed by atoms with E-state index < -0.39 is 0 Å². The Balaban J connectivity index is 2.24. The number of anilines is 2. The molecule has 0 saturated carbocycles. The summed E-state index contributed by atoms with van der Waals surface area (Å²) in [5, 5.41) is 3.77. The van der Waals surface area contributed by atoms with Gasteiger partial charge in [-0.2, -0.15) is 0 Å². The number of aromatic nitrogens is 2. The van der Waals surface area contributed by atoms with Gasteiger partial charge in [0, 0.05) is 18.9 Å². The van der Waals surface area contributed by atoms with Gasteiger partial charge in [0.05, 0.1) is 17.8 Å². The van der Waals surface area contributed by atoms with Gasteiger partial charge in [0.15, 0.2) is 0 Å². The van der Waals surface area contributed by atoms with Gasteiger partial charge in [0.2, 0.25) is 5.95 Å². The average Bonchev–Trinajstić information content (AvgIpc) is 2.58. The van der Waals surface area contributed by atoms with Crippen LogP contribution in [0.4, 0.5) is 11.6 Å². The maximum absolute atomic E-state index is 6.05. The van der Waals surface area contributed by atoms with E-state index in [1.165, 1.54) is 0 Å². The number of nitrogens with zero attached hydrogens (tertiary/aromatic N) is 2. The Labute approximate surface area is 105 Å². The van der Waals surface area contributed by atoms with Crippen LogP contribution >= 0.6 is 11.6 Å². The lowest BCUT2D eigenvalue weighted by Crippen LogP contribution is -1.98. The van der Waals surface area contributed by atoms with Gasteiger partial charge in [-0.15, -0.1) is 0 Å². The van der Waals surface area contributed by atoms with Crippen molar-refractivity contribution in [3.63, 3.8) is 0 Å². The van der Waals surface area contributed by atoms with Gasteiger partial charge in [-0.05, 0) is 25.1 Å². The third-order valence-electron chi connectivity index (χ3n) is 2.40. The third-order valence-corrected chi connectivity index (χ3v) is 2.70. The largest absolute Gasteiger partial charge is 0.495 e. The lowest BCUT2D eigenvalue weighted by Gasteiger charge is -2.08. The first-order valence-corrected chi connectivity index (χ1v) is 5.58. The van der Waals surface area contributed by atoms with Crippen molar-refractivity contribution in [2.24, 2.45) is 7.05 Å². The van der Waals surface area contributed by atoms with Gasteiger partial charge < -0.3 is 14.6 Å². The number of rotatable bonds is 3. The van der Waals surface area contributed by atoms with Gasteiger partial charge in [-0.25, -0.2) is 4.98 Å². The number of halogens is 1. The van der Waals surface area contributed by atoms with E-state index in [1.807, 2.05) is 42.9 Å². The van der Waals surface area contributed by atoms with E-state index in [2.05, 4.69) is 10.3 Å². The Bertz CT molecular complexity index is 537. The van der Waals surface area contributed by atoms with Crippen molar-refractivity contribution >= 4 is 23.2 Å². The van der Waals surface area contributed by atoms with Crippen molar-refractivity contribution in [2.75, 3.05) is 12.4 Å². The highest BCUT2D eigenvalue weighted by Gasteiger charge is 2.05. The van der Waals surface area contributed by atoms with E-state index in [-0.39, 0.29) is 0 Å². The molecule has 2 aromatic rings. The summed E-state index contributed by atoms with van der Waals surface area (Å²) in [7, 11) is 3.53. The van der Waals surface area contributed by atoms with Crippen LogP contribution in [-0.2, 0) is 7.05 Å². The molecule has 0 aliphatic heterocycles. The topological polar surface area (TPSA) is 39.1 Å². The molecule has 1 aromatic heterocycles. The van der Waals surface area contributed by atoms with Crippen LogP contribution in [0.2, 0.25) is 5.02 Å². The van der Waals surface area contributed by atoms with Crippen molar-refractivity contribution in [1.82, 2.24) is 9.55 Å². The number of imidazole rings is 1. The van der Waals surface area contributed by atoms with Crippen molar-refractivity contribution in [3.05, 3.63) is 35.1 Å². The van der Waals surface area contributed by atoms with Crippen LogP contribution in [0.3, 0.4) is 0 Å². The summed E-state index contributed by atoms with van der Waals surface area (Å²) in [6.45, 7) is 1.95. The molecule has 1 heterocycles. The molecule has 0 bridgehead atoms. The highest BCUT2D eigenvalue weighted by molar-refractivity contribution is 6.32. The molecular formula is C12H14ClN3O. The zero-order valence-electron chi connectivity index (χ0n) is 9.99. The summed E-state index contributed by atoms with van der Waals surface area (Å²) in [5.74, 6) is 1.44. The predicted octanol–water partition coefficient (Wildman–Crippen LogP) is 3.13. The summed E-state index contributed by atoms with van der Waals surface area (Å²) >= 11 is 6.05. The second-order valence-electron chi connectivity index (χ2n) is 3.79.